The average molecular weight is 344 g/mol. The van der Waals surface area contributed by atoms with Crippen molar-refractivity contribution in [1.82, 2.24) is 15.6 Å². The zero-order valence-electron chi connectivity index (χ0n) is 13.6. The van der Waals surface area contributed by atoms with Gasteiger partial charge < -0.3 is 10.6 Å². The minimum Gasteiger partial charge on any atom is -0.337 e. The fraction of sp³-hybridized carbons (Fsp3) is 0.733. The third kappa shape index (κ3) is 5.05. The van der Waals surface area contributed by atoms with Crippen LogP contribution in [0.25, 0.3) is 0 Å². The van der Waals surface area contributed by atoms with E-state index < -0.39 is 10.8 Å². The van der Waals surface area contributed by atoms with Crippen LogP contribution in [0.2, 0.25) is 0 Å². The Bertz CT molecular complexity index is 547. The van der Waals surface area contributed by atoms with Gasteiger partial charge in [-0.1, -0.05) is 0 Å². The van der Waals surface area contributed by atoms with E-state index in [0.717, 1.165) is 5.69 Å². The van der Waals surface area contributed by atoms with Crippen molar-refractivity contribution in [2.24, 2.45) is 0 Å². The molecule has 2 atom stereocenters. The first-order valence-corrected chi connectivity index (χ1v) is 9.85. The highest BCUT2D eigenvalue weighted by Gasteiger charge is 2.27. The maximum Gasteiger partial charge on any atom is 0.315 e. The van der Waals surface area contributed by atoms with E-state index >= 15 is 0 Å². The van der Waals surface area contributed by atoms with Crippen LogP contribution >= 0.6 is 11.3 Å². The first kappa shape index (κ1) is 17.4. The van der Waals surface area contributed by atoms with Gasteiger partial charge in [-0.05, 0) is 40.5 Å². The van der Waals surface area contributed by atoms with Crippen molar-refractivity contribution in [3.63, 3.8) is 0 Å². The Kier molecular flexibility index (Phi) is 5.60. The number of rotatable bonds is 6. The number of hydrogen-bond donors (Lipinski definition) is 2. The van der Waals surface area contributed by atoms with Crippen LogP contribution < -0.4 is 10.6 Å². The monoisotopic (exact) mass is 343 g/mol. The molecule has 1 aliphatic carbocycles. The van der Waals surface area contributed by atoms with E-state index in [9.17, 15) is 9.00 Å². The van der Waals surface area contributed by atoms with Gasteiger partial charge in [-0.3, -0.25) is 4.21 Å². The number of nitrogens with zero attached hydrogens (tertiary/aromatic N) is 1. The molecule has 1 fully saturated rings. The molecule has 0 spiro atoms. The van der Waals surface area contributed by atoms with Gasteiger partial charge in [0.25, 0.3) is 0 Å². The van der Waals surface area contributed by atoms with Crippen LogP contribution in [0.15, 0.2) is 5.38 Å². The van der Waals surface area contributed by atoms with Crippen LogP contribution in [-0.4, -0.2) is 32.3 Å². The van der Waals surface area contributed by atoms with Gasteiger partial charge in [-0.2, -0.15) is 0 Å². The quantitative estimate of drug-likeness (QED) is 0.834. The lowest BCUT2D eigenvalue weighted by molar-refractivity contribution is 0.238. The minimum absolute atomic E-state index is 0.114. The van der Waals surface area contributed by atoms with Crippen LogP contribution in [0.5, 0.6) is 0 Å². The number of aromatic nitrogens is 1. The second-order valence-electron chi connectivity index (χ2n) is 6.67. The second kappa shape index (κ2) is 7.08. The van der Waals surface area contributed by atoms with Gasteiger partial charge in [-0.15, -0.1) is 11.3 Å². The molecule has 124 valence electrons. The summed E-state index contributed by atoms with van der Waals surface area (Å²) in [5, 5.41) is 8.84. The molecule has 1 aromatic rings. The summed E-state index contributed by atoms with van der Waals surface area (Å²) in [5.41, 5.74) is 0.917. The summed E-state index contributed by atoms with van der Waals surface area (Å²) in [4.78, 5) is 16.5. The Morgan fingerprint density at radius 1 is 1.50 bits per heavy atom. The van der Waals surface area contributed by atoms with Gasteiger partial charge in [-0.25, -0.2) is 9.78 Å². The third-order valence-corrected chi connectivity index (χ3v) is 6.48. The van der Waals surface area contributed by atoms with Gasteiger partial charge >= 0.3 is 6.03 Å². The van der Waals surface area contributed by atoms with E-state index in [1.54, 1.807) is 11.3 Å². The van der Waals surface area contributed by atoms with Crippen LogP contribution in [0, 0.1) is 0 Å². The molecule has 0 radical (unpaired) electrons. The summed E-state index contributed by atoms with van der Waals surface area (Å²) in [6, 6.07) is -0.351. The molecule has 2 amide bonds. The minimum atomic E-state index is -0.951. The van der Waals surface area contributed by atoms with E-state index in [4.69, 9.17) is 0 Å². The van der Waals surface area contributed by atoms with Crippen LogP contribution in [0.1, 0.15) is 63.2 Å². The topological polar surface area (TPSA) is 71.1 Å². The maximum absolute atomic E-state index is 11.9. The highest BCUT2D eigenvalue weighted by Crippen LogP contribution is 2.41. The highest BCUT2D eigenvalue weighted by molar-refractivity contribution is 7.86. The summed E-state index contributed by atoms with van der Waals surface area (Å²) >= 11 is 1.68. The predicted molar refractivity (Wildman–Crippen MR) is 91.8 cm³/mol. The molecule has 1 aromatic heterocycles. The first-order chi connectivity index (χ1) is 10.3. The first-order valence-electron chi connectivity index (χ1n) is 7.65. The van der Waals surface area contributed by atoms with Crippen LogP contribution in [0.4, 0.5) is 4.79 Å². The second-order valence-corrected chi connectivity index (χ2v) is 9.88. The molecule has 2 rings (SSSR count). The van der Waals surface area contributed by atoms with Crippen LogP contribution in [0.3, 0.4) is 0 Å². The zero-order chi connectivity index (χ0) is 16.3. The fourth-order valence-electron chi connectivity index (χ4n) is 1.90. The lowest BCUT2D eigenvalue weighted by atomic mass is 10.2. The Morgan fingerprint density at radius 2 is 2.18 bits per heavy atom. The lowest BCUT2D eigenvalue weighted by Gasteiger charge is -2.18. The van der Waals surface area contributed by atoms with E-state index in [2.05, 4.69) is 15.6 Å². The number of carbonyl (C=O) groups excluding carboxylic acids is 1. The Morgan fingerprint density at radius 3 is 2.77 bits per heavy atom. The molecule has 22 heavy (non-hydrogen) atoms. The standard InChI is InChI=1S/C15H25N3O2S2/c1-10(12-9-21-13(18-12)11-5-6-11)17-14(19)16-7-8-22(20)15(2,3)4/h9-11H,5-8H2,1-4H3,(H2,16,17,19)/t10-,22-/m0/s1. The third-order valence-electron chi connectivity index (χ3n) is 3.51. The summed E-state index contributed by atoms with van der Waals surface area (Å²) in [6.07, 6.45) is 2.47. The summed E-state index contributed by atoms with van der Waals surface area (Å²) < 4.78 is 11.6. The van der Waals surface area contributed by atoms with Crippen LogP contribution in [-0.2, 0) is 10.8 Å². The van der Waals surface area contributed by atoms with Gasteiger partial charge in [0.1, 0.15) is 0 Å². The molecule has 0 saturated heterocycles. The molecular weight excluding hydrogens is 318 g/mol. The van der Waals surface area contributed by atoms with Gasteiger partial charge in [0.15, 0.2) is 0 Å². The van der Waals surface area contributed by atoms with Crippen molar-refractivity contribution in [3.8, 4) is 0 Å². The van der Waals surface area contributed by atoms with E-state index in [0.29, 0.717) is 18.2 Å². The van der Waals surface area contributed by atoms with Gasteiger partial charge in [0, 0.05) is 39.1 Å². The van der Waals surface area contributed by atoms with Crippen molar-refractivity contribution in [2.45, 2.75) is 57.2 Å². The average Bonchev–Trinajstić information content (AvgIpc) is 3.15. The number of urea groups is 1. The number of carbonyl (C=O) groups is 1. The zero-order valence-corrected chi connectivity index (χ0v) is 15.3. The van der Waals surface area contributed by atoms with Crippen molar-refractivity contribution >= 4 is 28.2 Å². The molecule has 0 aliphatic heterocycles. The Balaban J connectivity index is 1.72. The van der Waals surface area contributed by atoms with Crippen molar-refractivity contribution in [3.05, 3.63) is 16.1 Å². The molecule has 1 saturated carbocycles. The van der Waals surface area contributed by atoms with Crippen molar-refractivity contribution in [2.75, 3.05) is 12.3 Å². The van der Waals surface area contributed by atoms with E-state index in [-0.39, 0.29) is 16.8 Å². The molecule has 1 heterocycles. The van der Waals surface area contributed by atoms with Gasteiger partial charge in [0.05, 0.1) is 16.7 Å². The highest BCUT2D eigenvalue weighted by atomic mass is 32.2. The van der Waals surface area contributed by atoms with E-state index in [1.165, 1.54) is 17.8 Å². The number of hydrogen-bond acceptors (Lipinski definition) is 4. The molecule has 5 nitrogen and oxygen atoms in total. The summed E-state index contributed by atoms with van der Waals surface area (Å²) in [6.45, 7) is 8.15. The SMILES string of the molecule is C[C@H](NC(=O)NCC[S@](=O)C(C)(C)C)c1csc(C2CC2)n1. The normalized spacial score (nSPS) is 17.8. The molecule has 0 aromatic carbocycles. The Hall–Kier alpha value is -0.950. The largest absolute Gasteiger partial charge is 0.337 e. The van der Waals surface area contributed by atoms with Crippen molar-refractivity contribution < 1.29 is 9.00 Å². The molecule has 2 N–H and O–H groups in total. The molecule has 7 heteroatoms. The smallest absolute Gasteiger partial charge is 0.315 e. The number of thiazole rings is 1. The van der Waals surface area contributed by atoms with Crippen molar-refractivity contribution in [1.29, 1.82) is 0 Å². The Labute approximate surface area is 138 Å². The molecule has 1 aliphatic rings. The number of nitrogens with one attached hydrogen (secondary N) is 2. The number of amides is 2. The lowest BCUT2D eigenvalue weighted by Crippen LogP contribution is -2.40. The molecule has 0 bridgehead atoms. The van der Waals surface area contributed by atoms with E-state index in [1.807, 2.05) is 33.1 Å². The molecule has 0 unspecified atom stereocenters. The summed E-state index contributed by atoms with van der Waals surface area (Å²) in [5.74, 6) is 1.11. The predicted octanol–water partition coefficient (Wildman–Crippen LogP) is 2.93. The van der Waals surface area contributed by atoms with Gasteiger partial charge in [0.2, 0.25) is 0 Å². The molecular formula is C15H25N3O2S2. The summed E-state index contributed by atoms with van der Waals surface area (Å²) in [7, 11) is -0.951. The maximum atomic E-state index is 11.9. The fourth-order valence-corrected chi connectivity index (χ4v) is 3.89.